The van der Waals surface area contributed by atoms with Gasteiger partial charge >= 0.3 is 5.97 Å². The Morgan fingerprint density at radius 1 is 0.871 bits per heavy atom. The fourth-order valence-electron chi connectivity index (χ4n) is 2.77. The molecule has 1 amide bonds. The summed E-state index contributed by atoms with van der Waals surface area (Å²) in [5, 5.41) is 2.80. The number of nitrogens with one attached hydrogen (secondary N) is 2. The fraction of sp³-hybridized carbons (Fsp3) is 0.130. The number of hydrogen-bond donors (Lipinski definition) is 2. The average molecular weight is 439 g/mol. The molecule has 0 unspecified atom stereocenters. The Kier molecular flexibility index (Phi) is 7.17. The van der Waals surface area contributed by atoms with Crippen LogP contribution < -0.4 is 10.0 Å². The number of ether oxygens (including phenoxy) is 1. The highest BCUT2D eigenvalue weighted by molar-refractivity contribution is 7.89. The maximum atomic E-state index is 12.3. The maximum absolute atomic E-state index is 12.3. The standard InChI is InChI=1S/C23H22N2O5S/c1-2-24-31(28,29)21-10-6-7-19(15-21)23(27)30-16-17-11-13-18(14-12-17)22(26)25-20-8-4-3-5-9-20/h3-15,24H,2,16H2,1H3,(H,25,26). The lowest BCUT2D eigenvalue weighted by Crippen LogP contribution is -2.23. The molecule has 8 heteroatoms. The lowest BCUT2D eigenvalue weighted by atomic mass is 10.1. The van der Waals surface area contributed by atoms with Gasteiger partial charge in [0.15, 0.2) is 0 Å². The molecule has 0 fully saturated rings. The van der Waals surface area contributed by atoms with Crippen molar-refractivity contribution in [2.75, 3.05) is 11.9 Å². The van der Waals surface area contributed by atoms with Gasteiger partial charge in [-0.2, -0.15) is 0 Å². The third-order valence-electron chi connectivity index (χ3n) is 4.33. The van der Waals surface area contributed by atoms with Crippen LogP contribution in [0, 0.1) is 0 Å². The summed E-state index contributed by atoms with van der Waals surface area (Å²) in [6.45, 7) is 1.91. The highest BCUT2D eigenvalue weighted by atomic mass is 32.2. The number of amides is 1. The summed E-state index contributed by atoms with van der Waals surface area (Å²) in [5.74, 6) is -0.882. The van der Waals surface area contributed by atoms with Crippen LogP contribution in [0.2, 0.25) is 0 Å². The predicted molar refractivity (Wildman–Crippen MR) is 117 cm³/mol. The molecule has 3 aromatic rings. The van der Waals surface area contributed by atoms with Crippen molar-refractivity contribution < 1.29 is 22.7 Å². The molecule has 3 rings (SSSR count). The Hall–Kier alpha value is -3.49. The van der Waals surface area contributed by atoms with Crippen molar-refractivity contribution in [1.29, 1.82) is 0 Å². The number of carbonyl (C=O) groups is 2. The van der Waals surface area contributed by atoms with Crippen LogP contribution in [0.5, 0.6) is 0 Å². The van der Waals surface area contributed by atoms with E-state index in [-0.39, 0.29) is 29.5 Å². The molecule has 0 aliphatic carbocycles. The summed E-state index contributed by atoms with van der Waals surface area (Å²) >= 11 is 0. The first-order valence-corrected chi connectivity index (χ1v) is 11.1. The van der Waals surface area contributed by atoms with E-state index in [0.29, 0.717) is 16.8 Å². The third kappa shape index (κ3) is 6.00. The lowest BCUT2D eigenvalue weighted by Gasteiger charge is -2.09. The van der Waals surface area contributed by atoms with Gasteiger partial charge in [-0.15, -0.1) is 0 Å². The second kappa shape index (κ2) is 10.0. The predicted octanol–water partition coefficient (Wildman–Crippen LogP) is 3.59. The summed E-state index contributed by atoms with van der Waals surface area (Å²) in [4.78, 5) is 24.6. The number of anilines is 1. The number of sulfonamides is 1. The lowest BCUT2D eigenvalue weighted by molar-refractivity contribution is 0.0472. The topological polar surface area (TPSA) is 102 Å². The highest BCUT2D eigenvalue weighted by Crippen LogP contribution is 2.14. The summed E-state index contributed by atoms with van der Waals surface area (Å²) in [7, 11) is -3.66. The Labute approximate surface area is 181 Å². The Morgan fingerprint density at radius 2 is 1.58 bits per heavy atom. The minimum Gasteiger partial charge on any atom is -0.457 e. The second-order valence-corrected chi connectivity index (χ2v) is 8.39. The van der Waals surface area contributed by atoms with Crippen LogP contribution in [0.1, 0.15) is 33.2 Å². The molecule has 0 bridgehead atoms. The second-order valence-electron chi connectivity index (χ2n) is 6.62. The molecule has 0 saturated heterocycles. The number of hydrogen-bond acceptors (Lipinski definition) is 5. The normalized spacial score (nSPS) is 11.0. The average Bonchev–Trinajstić information content (AvgIpc) is 2.78. The van der Waals surface area contributed by atoms with Crippen LogP contribution in [0.4, 0.5) is 5.69 Å². The van der Waals surface area contributed by atoms with Crippen molar-refractivity contribution in [3.63, 3.8) is 0 Å². The molecule has 0 saturated carbocycles. The van der Waals surface area contributed by atoms with Crippen LogP contribution >= 0.6 is 0 Å². The van der Waals surface area contributed by atoms with Gasteiger partial charge in [-0.25, -0.2) is 17.9 Å². The molecular weight excluding hydrogens is 416 g/mol. The van der Waals surface area contributed by atoms with Crippen LogP contribution in [-0.2, 0) is 21.4 Å². The minimum atomic E-state index is -3.66. The molecule has 160 valence electrons. The van der Waals surface area contributed by atoms with E-state index < -0.39 is 16.0 Å². The maximum Gasteiger partial charge on any atom is 0.338 e. The number of carbonyl (C=O) groups excluding carboxylic acids is 2. The van der Waals surface area contributed by atoms with Gasteiger partial charge in [-0.3, -0.25) is 4.79 Å². The first-order valence-electron chi connectivity index (χ1n) is 9.61. The Bertz CT molecular complexity index is 1160. The number of esters is 1. The molecule has 0 aliphatic rings. The van der Waals surface area contributed by atoms with Crippen molar-refractivity contribution >= 4 is 27.6 Å². The fourth-order valence-corrected chi connectivity index (χ4v) is 3.86. The Balaban J connectivity index is 1.60. The van der Waals surface area contributed by atoms with Crippen LogP contribution in [0.25, 0.3) is 0 Å². The van der Waals surface area contributed by atoms with Gasteiger partial charge in [0.25, 0.3) is 5.91 Å². The summed E-state index contributed by atoms with van der Waals surface area (Å²) in [6.07, 6.45) is 0. The largest absolute Gasteiger partial charge is 0.457 e. The molecule has 0 radical (unpaired) electrons. The molecular formula is C23H22N2O5S. The van der Waals surface area contributed by atoms with E-state index in [2.05, 4.69) is 10.0 Å². The smallest absolute Gasteiger partial charge is 0.338 e. The van der Waals surface area contributed by atoms with Gasteiger partial charge in [0.05, 0.1) is 10.5 Å². The number of para-hydroxylation sites is 1. The van der Waals surface area contributed by atoms with Crippen molar-refractivity contribution in [2.24, 2.45) is 0 Å². The van der Waals surface area contributed by atoms with Crippen LogP contribution in [0.3, 0.4) is 0 Å². The first kappa shape index (κ1) is 22.2. The molecule has 7 nitrogen and oxygen atoms in total. The van der Waals surface area contributed by atoms with Gasteiger partial charge in [-0.1, -0.05) is 43.3 Å². The van der Waals surface area contributed by atoms with E-state index >= 15 is 0 Å². The zero-order valence-corrected chi connectivity index (χ0v) is 17.7. The van der Waals surface area contributed by atoms with Crippen molar-refractivity contribution in [1.82, 2.24) is 4.72 Å². The minimum absolute atomic E-state index is 0.00224. The molecule has 0 atom stereocenters. The first-order chi connectivity index (χ1) is 14.9. The van der Waals surface area contributed by atoms with E-state index in [9.17, 15) is 18.0 Å². The van der Waals surface area contributed by atoms with Crippen LogP contribution in [0.15, 0.2) is 83.8 Å². The summed E-state index contributed by atoms with van der Waals surface area (Å²) in [6, 6.07) is 21.5. The zero-order valence-electron chi connectivity index (χ0n) is 16.9. The molecule has 0 aromatic heterocycles. The van der Waals surface area contributed by atoms with Crippen molar-refractivity contribution in [3.05, 3.63) is 95.6 Å². The summed E-state index contributed by atoms with van der Waals surface area (Å²) in [5.41, 5.74) is 2.00. The molecule has 2 N–H and O–H groups in total. The van der Waals surface area contributed by atoms with E-state index in [4.69, 9.17) is 4.74 Å². The van der Waals surface area contributed by atoms with Gasteiger partial charge in [0, 0.05) is 17.8 Å². The van der Waals surface area contributed by atoms with E-state index in [1.54, 1.807) is 43.3 Å². The van der Waals surface area contributed by atoms with Crippen molar-refractivity contribution in [3.8, 4) is 0 Å². The number of rotatable bonds is 8. The molecule has 0 spiro atoms. The van der Waals surface area contributed by atoms with E-state index in [1.807, 2.05) is 18.2 Å². The highest BCUT2D eigenvalue weighted by Gasteiger charge is 2.16. The van der Waals surface area contributed by atoms with Gasteiger partial charge in [0.2, 0.25) is 10.0 Å². The van der Waals surface area contributed by atoms with Gasteiger partial charge in [0.1, 0.15) is 6.61 Å². The molecule has 0 heterocycles. The van der Waals surface area contributed by atoms with Crippen molar-refractivity contribution in [2.45, 2.75) is 18.4 Å². The number of benzene rings is 3. The zero-order chi connectivity index (χ0) is 22.3. The SMILES string of the molecule is CCNS(=O)(=O)c1cccc(C(=O)OCc2ccc(C(=O)Nc3ccccc3)cc2)c1. The van der Waals surface area contributed by atoms with E-state index in [1.165, 1.54) is 24.3 Å². The van der Waals surface area contributed by atoms with Gasteiger partial charge in [-0.05, 0) is 48.0 Å². The Morgan fingerprint density at radius 3 is 2.26 bits per heavy atom. The summed E-state index contributed by atoms with van der Waals surface area (Å²) < 4.78 is 31.8. The van der Waals surface area contributed by atoms with E-state index in [0.717, 1.165) is 0 Å². The van der Waals surface area contributed by atoms with Crippen LogP contribution in [-0.4, -0.2) is 26.8 Å². The molecule has 0 aliphatic heterocycles. The molecule has 31 heavy (non-hydrogen) atoms. The molecule has 3 aromatic carbocycles. The third-order valence-corrected chi connectivity index (χ3v) is 5.88. The van der Waals surface area contributed by atoms with Gasteiger partial charge < -0.3 is 10.1 Å². The quantitative estimate of drug-likeness (QED) is 0.524. The monoisotopic (exact) mass is 438 g/mol.